The van der Waals surface area contributed by atoms with Crippen LogP contribution in [0.3, 0.4) is 0 Å². The molecule has 1 atom stereocenters. The molecule has 12 heavy (non-hydrogen) atoms. The highest BCUT2D eigenvalue weighted by molar-refractivity contribution is 5.75. The van der Waals surface area contributed by atoms with Gasteiger partial charge in [0.1, 0.15) is 0 Å². The minimum atomic E-state index is -0.251. The first-order chi connectivity index (χ1) is 5.74. The summed E-state index contributed by atoms with van der Waals surface area (Å²) in [4.78, 5) is 10.7. The van der Waals surface area contributed by atoms with E-state index in [2.05, 4.69) is 10.6 Å². The molecule has 0 aliphatic carbocycles. The van der Waals surface area contributed by atoms with Crippen LogP contribution in [-0.2, 0) is 9.53 Å². The maximum atomic E-state index is 10.7. The maximum Gasteiger partial charge on any atom is 0.221 e. The standard InChI is InChI=1S/C8H12N2O2/c1-6(11)10-7-4-3-5-9-8(7)12-2/h3-5,8-9H,1-2H3,(H,10,11). The molecule has 0 spiro atoms. The van der Waals surface area contributed by atoms with Crippen molar-refractivity contribution in [1.29, 1.82) is 0 Å². The average Bonchev–Trinajstić information content (AvgIpc) is 2.04. The largest absolute Gasteiger partial charge is 0.361 e. The molecule has 1 rings (SSSR count). The summed E-state index contributed by atoms with van der Waals surface area (Å²) in [7, 11) is 1.58. The van der Waals surface area contributed by atoms with Gasteiger partial charge in [0.05, 0.1) is 5.70 Å². The minimum Gasteiger partial charge on any atom is -0.361 e. The van der Waals surface area contributed by atoms with Gasteiger partial charge in [-0.25, -0.2) is 0 Å². The molecule has 0 aromatic heterocycles. The Morgan fingerprint density at radius 3 is 3.08 bits per heavy atom. The molecule has 0 bridgehead atoms. The lowest BCUT2D eigenvalue weighted by Crippen LogP contribution is -2.38. The molecule has 1 unspecified atom stereocenters. The fourth-order valence-electron chi connectivity index (χ4n) is 0.977. The number of ether oxygens (including phenoxy) is 1. The lowest BCUT2D eigenvalue weighted by molar-refractivity contribution is -0.118. The van der Waals surface area contributed by atoms with E-state index in [1.54, 1.807) is 25.5 Å². The van der Waals surface area contributed by atoms with Crippen molar-refractivity contribution in [2.24, 2.45) is 0 Å². The van der Waals surface area contributed by atoms with E-state index in [1.807, 2.05) is 0 Å². The molecule has 4 heteroatoms. The molecule has 1 aliphatic rings. The summed E-state index contributed by atoms with van der Waals surface area (Å²) in [6.45, 7) is 1.46. The van der Waals surface area contributed by atoms with E-state index in [0.717, 1.165) is 5.70 Å². The molecule has 66 valence electrons. The van der Waals surface area contributed by atoms with Crippen LogP contribution in [0.5, 0.6) is 0 Å². The zero-order valence-electron chi connectivity index (χ0n) is 7.13. The second kappa shape index (κ2) is 3.92. The molecule has 0 aromatic carbocycles. The lowest BCUT2D eigenvalue weighted by Gasteiger charge is -2.21. The third-order valence-electron chi connectivity index (χ3n) is 1.46. The highest BCUT2D eigenvalue weighted by atomic mass is 16.5. The van der Waals surface area contributed by atoms with Crippen molar-refractivity contribution < 1.29 is 9.53 Å². The summed E-state index contributed by atoms with van der Waals surface area (Å²) in [6, 6.07) is 0. The van der Waals surface area contributed by atoms with E-state index in [4.69, 9.17) is 4.74 Å². The number of carbonyl (C=O) groups is 1. The van der Waals surface area contributed by atoms with Crippen LogP contribution in [0, 0.1) is 0 Å². The van der Waals surface area contributed by atoms with Crippen molar-refractivity contribution in [3.05, 3.63) is 24.0 Å². The van der Waals surface area contributed by atoms with Crippen LogP contribution < -0.4 is 10.6 Å². The molecule has 0 radical (unpaired) electrons. The van der Waals surface area contributed by atoms with Gasteiger partial charge < -0.3 is 15.4 Å². The average molecular weight is 168 g/mol. The first-order valence-corrected chi connectivity index (χ1v) is 3.67. The Labute approximate surface area is 71.3 Å². The molecule has 1 aliphatic heterocycles. The monoisotopic (exact) mass is 168 g/mol. The van der Waals surface area contributed by atoms with Gasteiger partial charge in [0.15, 0.2) is 6.23 Å². The van der Waals surface area contributed by atoms with Gasteiger partial charge >= 0.3 is 0 Å². The van der Waals surface area contributed by atoms with Crippen LogP contribution in [0.15, 0.2) is 24.0 Å². The second-order valence-corrected chi connectivity index (χ2v) is 2.44. The highest BCUT2D eigenvalue weighted by Gasteiger charge is 2.13. The van der Waals surface area contributed by atoms with Crippen LogP contribution in [0.1, 0.15) is 6.92 Å². The SMILES string of the molecule is COC1NC=CC=C1NC(C)=O. The normalized spacial score (nSPS) is 21.2. The third-order valence-corrected chi connectivity index (χ3v) is 1.46. The smallest absolute Gasteiger partial charge is 0.221 e. The second-order valence-electron chi connectivity index (χ2n) is 2.44. The number of carbonyl (C=O) groups excluding carboxylic acids is 1. The van der Waals surface area contributed by atoms with Crippen LogP contribution >= 0.6 is 0 Å². The molecule has 4 nitrogen and oxygen atoms in total. The number of nitrogens with one attached hydrogen (secondary N) is 2. The number of rotatable bonds is 2. The van der Waals surface area contributed by atoms with Crippen molar-refractivity contribution >= 4 is 5.91 Å². The van der Waals surface area contributed by atoms with E-state index >= 15 is 0 Å². The summed E-state index contributed by atoms with van der Waals surface area (Å²) < 4.78 is 5.06. The van der Waals surface area contributed by atoms with Crippen molar-refractivity contribution in [2.75, 3.05) is 7.11 Å². The fraction of sp³-hybridized carbons (Fsp3) is 0.375. The summed E-state index contributed by atoms with van der Waals surface area (Å²) in [5, 5.41) is 5.60. The van der Waals surface area contributed by atoms with Crippen LogP contribution in [0.25, 0.3) is 0 Å². The topological polar surface area (TPSA) is 50.4 Å². The predicted octanol–water partition coefficient (Wildman–Crippen LogP) is 0.0958. The Balaban J connectivity index is 2.63. The zero-order chi connectivity index (χ0) is 8.97. The van der Waals surface area contributed by atoms with E-state index in [9.17, 15) is 4.79 Å². The highest BCUT2D eigenvalue weighted by Crippen LogP contribution is 2.04. The van der Waals surface area contributed by atoms with Gasteiger partial charge in [0.25, 0.3) is 0 Å². The van der Waals surface area contributed by atoms with E-state index in [0.29, 0.717) is 0 Å². The molecule has 2 N–H and O–H groups in total. The van der Waals surface area contributed by atoms with Gasteiger partial charge in [-0.2, -0.15) is 0 Å². The predicted molar refractivity (Wildman–Crippen MR) is 45.0 cm³/mol. The fourth-order valence-corrected chi connectivity index (χ4v) is 0.977. The van der Waals surface area contributed by atoms with Crippen LogP contribution in [-0.4, -0.2) is 19.2 Å². The Kier molecular flexibility index (Phi) is 2.88. The van der Waals surface area contributed by atoms with Gasteiger partial charge in [-0.1, -0.05) is 0 Å². The van der Waals surface area contributed by atoms with Crippen molar-refractivity contribution in [2.45, 2.75) is 13.2 Å². The maximum absolute atomic E-state index is 10.7. The van der Waals surface area contributed by atoms with Gasteiger partial charge in [0.2, 0.25) is 5.91 Å². The minimum absolute atomic E-state index is 0.0969. The summed E-state index contributed by atoms with van der Waals surface area (Å²) in [6.07, 6.45) is 5.12. The summed E-state index contributed by atoms with van der Waals surface area (Å²) in [5.74, 6) is -0.0969. The first kappa shape index (κ1) is 8.80. The molecule has 1 amide bonds. The van der Waals surface area contributed by atoms with Crippen molar-refractivity contribution in [3.63, 3.8) is 0 Å². The summed E-state index contributed by atoms with van der Waals surface area (Å²) >= 11 is 0. The molecule has 0 saturated carbocycles. The number of methoxy groups -OCH3 is 1. The number of hydrogen-bond acceptors (Lipinski definition) is 3. The quantitative estimate of drug-likeness (QED) is 0.614. The van der Waals surface area contributed by atoms with Crippen molar-refractivity contribution in [1.82, 2.24) is 10.6 Å². The van der Waals surface area contributed by atoms with E-state index < -0.39 is 0 Å². The molecular weight excluding hydrogens is 156 g/mol. The lowest BCUT2D eigenvalue weighted by atomic mass is 10.3. The Hall–Kier alpha value is -1.29. The Morgan fingerprint density at radius 2 is 2.50 bits per heavy atom. The van der Waals surface area contributed by atoms with Gasteiger partial charge in [-0.3, -0.25) is 4.79 Å². The van der Waals surface area contributed by atoms with Gasteiger partial charge in [0, 0.05) is 14.0 Å². The summed E-state index contributed by atoms with van der Waals surface area (Å²) in [5.41, 5.74) is 0.729. The number of hydrogen-bond donors (Lipinski definition) is 2. The molecule has 1 heterocycles. The van der Waals surface area contributed by atoms with Crippen molar-refractivity contribution in [3.8, 4) is 0 Å². The van der Waals surface area contributed by atoms with E-state index in [-0.39, 0.29) is 12.1 Å². The number of amides is 1. The Morgan fingerprint density at radius 1 is 1.75 bits per heavy atom. The first-order valence-electron chi connectivity index (χ1n) is 3.67. The molecule has 0 fully saturated rings. The van der Waals surface area contributed by atoms with E-state index in [1.165, 1.54) is 6.92 Å². The Bertz CT molecular complexity index is 233. The number of allylic oxidation sites excluding steroid dienone is 2. The van der Waals surface area contributed by atoms with Crippen LogP contribution in [0.4, 0.5) is 0 Å². The molecule has 0 aromatic rings. The molecule has 0 saturated heterocycles. The van der Waals surface area contributed by atoms with Crippen LogP contribution in [0.2, 0.25) is 0 Å². The number of dihydropyridines is 1. The van der Waals surface area contributed by atoms with Gasteiger partial charge in [-0.05, 0) is 18.4 Å². The van der Waals surface area contributed by atoms with Gasteiger partial charge in [-0.15, -0.1) is 0 Å². The zero-order valence-corrected chi connectivity index (χ0v) is 7.13. The third kappa shape index (κ3) is 2.10. The molecular formula is C8H12N2O2.